The van der Waals surface area contributed by atoms with E-state index in [1.54, 1.807) is 10.7 Å². The van der Waals surface area contributed by atoms with Crippen LogP contribution in [0.15, 0.2) is 42.6 Å². The van der Waals surface area contributed by atoms with E-state index in [0.717, 1.165) is 27.7 Å². The third kappa shape index (κ3) is 1.08. The molecule has 1 aromatic carbocycles. The van der Waals surface area contributed by atoms with Crippen molar-refractivity contribution in [3.63, 3.8) is 0 Å². The van der Waals surface area contributed by atoms with Crippen molar-refractivity contribution in [2.24, 2.45) is 0 Å². The zero-order valence-corrected chi connectivity index (χ0v) is 8.78. The fourth-order valence-corrected chi connectivity index (χ4v) is 2.00. The molecule has 3 heterocycles. The zero-order valence-electron chi connectivity index (χ0n) is 8.78. The van der Waals surface area contributed by atoms with Gasteiger partial charge in [-0.2, -0.15) is 4.52 Å². The van der Waals surface area contributed by atoms with Crippen LogP contribution < -0.4 is 0 Å². The van der Waals surface area contributed by atoms with Gasteiger partial charge in [0.15, 0.2) is 11.3 Å². The summed E-state index contributed by atoms with van der Waals surface area (Å²) < 4.78 is 1.68. The molecule has 0 atom stereocenters. The molecule has 4 rings (SSSR count). The minimum absolute atomic E-state index is 0.737. The van der Waals surface area contributed by atoms with Crippen LogP contribution in [-0.4, -0.2) is 24.8 Å². The van der Waals surface area contributed by atoms with E-state index in [-0.39, 0.29) is 0 Å². The van der Waals surface area contributed by atoms with E-state index >= 15 is 0 Å². The summed E-state index contributed by atoms with van der Waals surface area (Å²) in [6.45, 7) is 0. The van der Waals surface area contributed by atoms with Gasteiger partial charge in [-0.3, -0.25) is 0 Å². The number of aromatic nitrogens is 5. The highest BCUT2D eigenvalue weighted by molar-refractivity contribution is 5.94. The standard InChI is InChI=1S/C12H7N5/c1-2-5-9-8(4-1)11-14-10-6-3-7-13-12(10)17(11)16-15-9/h1-7H. The maximum Gasteiger partial charge on any atom is 0.183 e. The Morgan fingerprint density at radius 3 is 2.76 bits per heavy atom. The highest BCUT2D eigenvalue weighted by Crippen LogP contribution is 2.19. The molecule has 3 aromatic heterocycles. The Labute approximate surface area is 95.7 Å². The fourth-order valence-electron chi connectivity index (χ4n) is 2.00. The first kappa shape index (κ1) is 8.58. The van der Waals surface area contributed by atoms with Crippen molar-refractivity contribution in [3.05, 3.63) is 42.6 Å². The molecule has 0 spiro atoms. The Kier molecular flexibility index (Phi) is 1.50. The van der Waals surface area contributed by atoms with Gasteiger partial charge < -0.3 is 0 Å². The van der Waals surface area contributed by atoms with Crippen LogP contribution in [-0.2, 0) is 0 Å². The van der Waals surface area contributed by atoms with Gasteiger partial charge in [0.1, 0.15) is 5.52 Å². The van der Waals surface area contributed by atoms with E-state index in [2.05, 4.69) is 20.3 Å². The Bertz CT molecular complexity index is 849. The second-order valence-corrected chi connectivity index (χ2v) is 3.80. The third-order valence-electron chi connectivity index (χ3n) is 2.78. The van der Waals surface area contributed by atoms with E-state index in [1.807, 2.05) is 36.4 Å². The predicted octanol–water partition coefficient (Wildman–Crippen LogP) is 1.83. The van der Waals surface area contributed by atoms with E-state index < -0.39 is 0 Å². The minimum Gasteiger partial charge on any atom is -0.235 e. The quantitative estimate of drug-likeness (QED) is 0.454. The van der Waals surface area contributed by atoms with Gasteiger partial charge in [0, 0.05) is 11.6 Å². The number of imidazole rings is 1. The van der Waals surface area contributed by atoms with E-state index in [4.69, 9.17) is 0 Å². The van der Waals surface area contributed by atoms with Crippen LogP contribution in [0.2, 0.25) is 0 Å². The van der Waals surface area contributed by atoms with Crippen LogP contribution in [0.4, 0.5) is 0 Å². The first-order chi connectivity index (χ1) is 8.43. The summed E-state index contributed by atoms with van der Waals surface area (Å²) in [6, 6.07) is 11.6. The summed E-state index contributed by atoms with van der Waals surface area (Å²) in [5, 5.41) is 9.29. The summed E-state index contributed by atoms with van der Waals surface area (Å²) >= 11 is 0. The normalized spacial score (nSPS) is 11.5. The molecule has 0 aliphatic carbocycles. The molecule has 0 amide bonds. The first-order valence-corrected chi connectivity index (χ1v) is 5.28. The van der Waals surface area contributed by atoms with Gasteiger partial charge in [-0.05, 0) is 24.3 Å². The van der Waals surface area contributed by atoms with Gasteiger partial charge in [0.2, 0.25) is 0 Å². The number of hydrogen-bond acceptors (Lipinski definition) is 4. The summed E-state index contributed by atoms with van der Waals surface area (Å²) in [5.41, 5.74) is 3.21. The lowest BCUT2D eigenvalue weighted by atomic mass is 10.2. The van der Waals surface area contributed by atoms with Crippen LogP contribution in [0.1, 0.15) is 0 Å². The van der Waals surface area contributed by atoms with Crippen molar-refractivity contribution in [2.75, 3.05) is 0 Å². The monoisotopic (exact) mass is 221 g/mol. The minimum atomic E-state index is 0.737. The van der Waals surface area contributed by atoms with Crippen molar-refractivity contribution >= 4 is 27.7 Å². The van der Waals surface area contributed by atoms with Gasteiger partial charge in [-0.15, -0.1) is 5.10 Å². The SMILES string of the molecule is c1ccc2c(c1)nnn1c3ncccc3nc21. The lowest BCUT2D eigenvalue weighted by Gasteiger charge is -1.96. The Morgan fingerprint density at radius 1 is 0.882 bits per heavy atom. The van der Waals surface area contributed by atoms with Gasteiger partial charge in [-0.25, -0.2) is 9.97 Å². The molecule has 80 valence electrons. The number of rotatable bonds is 0. The van der Waals surface area contributed by atoms with Gasteiger partial charge in [0.25, 0.3) is 0 Å². The fraction of sp³-hybridized carbons (Fsp3) is 0. The van der Waals surface area contributed by atoms with E-state index in [9.17, 15) is 0 Å². The summed E-state index contributed by atoms with van der Waals surface area (Å²) in [5.74, 6) is 0. The third-order valence-corrected chi connectivity index (χ3v) is 2.78. The molecule has 0 fully saturated rings. The molecule has 0 radical (unpaired) electrons. The largest absolute Gasteiger partial charge is 0.235 e. The lowest BCUT2D eigenvalue weighted by molar-refractivity contribution is 0.842. The van der Waals surface area contributed by atoms with Crippen molar-refractivity contribution in [3.8, 4) is 0 Å². The van der Waals surface area contributed by atoms with E-state index in [0.29, 0.717) is 0 Å². The molecule has 0 aliphatic heterocycles. The van der Waals surface area contributed by atoms with Crippen LogP contribution in [0, 0.1) is 0 Å². The van der Waals surface area contributed by atoms with Crippen LogP contribution >= 0.6 is 0 Å². The zero-order chi connectivity index (χ0) is 11.2. The molecular weight excluding hydrogens is 214 g/mol. The van der Waals surface area contributed by atoms with Gasteiger partial charge in [0.05, 0.1) is 5.52 Å². The van der Waals surface area contributed by atoms with Crippen LogP contribution in [0.25, 0.3) is 27.7 Å². The van der Waals surface area contributed by atoms with Crippen molar-refractivity contribution < 1.29 is 0 Å². The van der Waals surface area contributed by atoms with Crippen molar-refractivity contribution in [1.29, 1.82) is 0 Å². The van der Waals surface area contributed by atoms with Gasteiger partial charge in [-0.1, -0.05) is 17.3 Å². The Balaban J connectivity index is 2.34. The average molecular weight is 221 g/mol. The number of fused-ring (bicyclic) bond motifs is 5. The smallest absolute Gasteiger partial charge is 0.183 e. The predicted molar refractivity (Wildman–Crippen MR) is 63.6 cm³/mol. The number of nitrogens with zero attached hydrogens (tertiary/aromatic N) is 5. The number of hydrogen-bond donors (Lipinski definition) is 0. The molecule has 0 saturated carbocycles. The Morgan fingerprint density at radius 2 is 1.76 bits per heavy atom. The molecule has 0 bridgehead atoms. The molecule has 4 aromatic rings. The van der Waals surface area contributed by atoms with Crippen LogP contribution in [0.3, 0.4) is 0 Å². The summed E-state index contributed by atoms with van der Waals surface area (Å²) in [7, 11) is 0. The van der Waals surface area contributed by atoms with Crippen molar-refractivity contribution in [2.45, 2.75) is 0 Å². The van der Waals surface area contributed by atoms with Crippen LogP contribution in [0.5, 0.6) is 0 Å². The molecule has 0 unspecified atom stereocenters. The maximum absolute atomic E-state index is 4.54. The first-order valence-electron chi connectivity index (χ1n) is 5.28. The second kappa shape index (κ2) is 2.98. The molecule has 0 N–H and O–H groups in total. The highest BCUT2D eigenvalue weighted by atomic mass is 15.4. The summed E-state index contributed by atoms with van der Waals surface area (Å²) in [6.07, 6.45) is 1.73. The molecule has 5 heteroatoms. The average Bonchev–Trinajstić information content (AvgIpc) is 2.78. The Hall–Kier alpha value is -2.56. The summed E-state index contributed by atoms with van der Waals surface area (Å²) in [4.78, 5) is 8.82. The topological polar surface area (TPSA) is 56.0 Å². The van der Waals surface area contributed by atoms with E-state index in [1.165, 1.54) is 0 Å². The van der Waals surface area contributed by atoms with Crippen molar-refractivity contribution in [1.82, 2.24) is 24.8 Å². The van der Waals surface area contributed by atoms with Gasteiger partial charge >= 0.3 is 0 Å². The molecule has 0 aliphatic rings. The number of pyridine rings is 1. The molecular formula is C12H7N5. The molecule has 17 heavy (non-hydrogen) atoms. The second-order valence-electron chi connectivity index (χ2n) is 3.80. The maximum atomic E-state index is 4.54. The lowest BCUT2D eigenvalue weighted by Crippen LogP contribution is -1.96. The molecule has 5 nitrogen and oxygen atoms in total. The highest BCUT2D eigenvalue weighted by Gasteiger charge is 2.09. The number of benzene rings is 1. The molecule has 0 saturated heterocycles.